The molecule has 5 nitrogen and oxygen atoms in total. The molecular weight excluding hydrogens is 124 g/mol. The van der Waals surface area contributed by atoms with E-state index in [1.54, 1.807) is 0 Å². The Labute approximate surface area is 52.3 Å². The van der Waals surface area contributed by atoms with Crippen LogP contribution in [0.4, 0.5) is 4.79 Å². The maximum absolute atomic E-state index is 8.56. The van der Waals surface area contributed by atoms with E-state index in [4.69, 9.17) is 26.0 Å². The molecule has 0 bridgehead atoms. The van der Waals surface area contributed by atoms with Gasteiger partial charge < -0.3 is 15.9 Å². The number of hydrogen-bond acceptors (Lipinski definition) is 3. The second-order valence-electron chi connectivity index (χ2n) is 0.979. The van der Waals surface area contributed by atoms with Gasteiger partial charge in [-0.3, -0.25) is 0 Å². The highest BCUT2D eigenvalue weighted by Gasteiger charge is 1.70. The minimum absolute atomic E-state index is 0.472. The molecule has 0 aromatic rings. The Balaban J connectivity index is 0. The van der Waals surface area contributed by atoms with Crippen molar-refractivity contribution in [2.24, 2.45) is 5.73 Å². The van der Waals surface area contributed by atoms with Gasteiger partial charge in [0.1, 0.15) is 0 Å². The van der Waals surface area contributed by atoms with Crippen molar-refractivity contribution in [1.82, 2.24) is 0 Å². The summed E-state index contributed by atoms with van der Waals surface area (Å²) in [6, 6.07) is 1.89. The molecule has 0 spiro atoms. The van der Waals surface area contributed by atoms with Crippen molar-refractivity contribution in [3.63, 3.8) is 0 Å². The number of nitriles is 1. The van der Waals surface area contributed by atoms with Crippen LogP contribution < -0.4 is 5.73 Å². The summed E-state index contributed by atoms with van der Waals surface area (Å²) in [6.07, 6.45) is -1.36. The van der Waals surface area contributed by atoms with Crippen LogP contribution >= 0.6 is 0 Å². The van der Waals surface area contributed by atoms with Gasteiger partial charge in [0.05, 0.1) is 6.07 Å². The Bertz CT molecular complexity index is 103. The van der Waals surface area contributed by atoms with E-state index in [0.29, 0.717) is 13.0 Å². The van der Waals surface area contributed by atoms with Crippen LogP contribution in [0.5, 0.6) is 0 Å². The molecular formula is C4H8N2O3. The van der Waals surface area contributed by atoms with Gasteiger partial charge in [0.15, 0.2) is 0 Å². The Morgan fingerprint density at radius 1 is 1.67 bits per heavy atom. The fraction of sp³-hybridized carbons (Fsp3) is 0.500. The molecule has 0 atom stereocenters. The highest BCUT2D eigenvalue weighted by atomic mass is 16.6. The first-order valence-electron chi connectivity index (χ1n) is 2.14. The van der Waals surface area contributed by atoms with Crippen LogP contribution in [-0.4, -0.2) is 22.9 Å². The van der Waals surface area contributed by atoms with Crippen LogP contribution in [0.3, 0.4) is 0 Å². The molecule has 9 heavy (non-hydrogen) atoms. The van der Waals surface area contributed by atoms with Gasteiger partial charge in [0, 0.05) is 13.0 Å². The van der Waals surface area contributed by atoms with Gasteiger partial charge in [-0.1, -0.05) is 0 Å². The van der Waals surface area contributed by atoms with Crippen molar-refractivity contribution < 1.29 is 15.0 Å². The topological polar surface area (TPSA) is 107 Å². The van der Waals surface area contributed by atoms with Crippen LogP contribution in [0.25, 0.3) is 0 Å². The third kappa shape index (κ3) is 289. The lowest BCUT2D eigenvalue weighted by molar-refractivity contribution is 0.137. The van der Waals surface area contributed by atoms with Gasteiger partial charge in [0.25, 0.3) is 0 Å². The summed E-state index contributed by atoms with van der Waals surface area (Å²) in [6.45, 7) is 0.483. The van der Waals surface area contributed by atoms with E-state index in [9.17, 15) is 0 Å². The smallest absolute Gasteiger partial charge is 0.450 e. The van der Waals surface area contributed by atoms with Gasteiger partial charge in [0.2, 0.25) is 0 Å². The summed E-state index contributed by atoms with van der Waals surface area (Å²) in [5.41, 5.74) is 4.92. The number of nitrogens with two attached hydrogens (primary N) is 1. The van der Waals surface area contributed by atoms with Gasteiger partial charge in [-0.25, -0.2) is 4.79 Å². The normalized spacial score (nSPS) is 6.22. The standard InChI is InChI=1S/C3H6N2.CH2O3/c4-2-1-3-5;2-1(3)4/h1-2,4H2;(H2,2,3,4). The molecule has 0 amide bonds. The van der Waals surface area contributed by atoms with E-state index in [-0.39, 0.29) is 0 Å². The van der Waals surface area contributed by atoms with E-state index < -0.39 is 6.16 Å². The molecule has 0 radical (unpaired) electrons. The molecule has 0 unspecified atom stereocenters. The molecule has 0 rings (SSSR count). The highest BCUT2D eigenvalue weighted by Crippen LogP contribution is 1.59. The molecule has 0 fully saturated rings. The third-order valence-electron chi connectivity index (χ3n) is 0.256. The molecule has 0 saturated carbocycles. The lowest BCUT2D eigenvalue weighted by Crippen LogP contribution is -1.94. The first kappa shape index (κ1) is 10.7. The number of rotatable bonds is 1. The van der Waals surface area contributed by atoms with Crippen molar-refractivity contribution in [3.05, 3.63) is 0 Å². The van der Waals surface area contributed by atoms with Gasteiger partial charge in [-0.05, 0) is 0 Å². The number of hydrogen-bond donors (Lipinski definition) is 3. The van der Waals surface area contributed by atoms with Crippen molar-refractivity contribution in [2.75, 3.05) is 6.54 Å². The summed E-state index contributed by atoms with van der Waals surface area (Å²) in [7, 11) is 0. The minimum atomic E-state index is -1.83. The van der Waals surface area contributed by atoms with E-state index in [1.807, 2.05) is 6.07 Å². The first-order chi connectivity index (χ1) is 4.15. The van der Waals surface area contributed by atoms with E-state index in [2.05, 4.69) is 0 Å². The van der Waals surface area contributed by atoms with E-state index in [1.165, 1.54) is 0 Å². The Morgan fingerprint density at radius 2 is 2.00 bits per heavy atom. The van der Waals surface area contributed by atoms with Gasteiger partial charge >= 0.3 is 6.16 Å². The van der Waals surface area contributed by atoms with Crippen molar-refractivity contribution in [3.8, 4) is 6.07 Å². The summed E-state index contributed by atoms with van der Waals surface area (Å²) >= 11 is 0. The van der Waals surface area contributed by atoms with Crippen molar-refractivity contribution >= 4 is 6.16 Å². The monoisotopic (exact) mass is 132 g/mol. The van der Waals surface area contributed by atoms with Crippen molar-refractivity contribution in [1.29, 1.82) is 5.26 Å². The summed E-state index contributed by atoms with van der Waals surface area (Å²) < 4.78 is 0. The number of carbonyl (C=O) groups is 1. The Morgan fingerprint density at radius 3 is 2.00 bits per heavy atom. The molecule has 5 heteroatoms. The van der Waals surface area contributed by atoms with Gasteiger partial charge in [-0.15, -0.1) is 0 Å². The maximum atomic E-state index is 8.56. The predicted molar refractivity (Wildman–Crippen MR) is 29.9 cm³/mol. The fourth-order valence-corrected chi connectivity index (χ4v) is 0.0645. The molecule has 0 aromatic carbocycles. The molecule has 0 aromatic heterocycles. The minimum Gasteiger partial charge on any atom is -0.450 e. The average Bonchev–Trinajstić information content (AvgIpc) is 1.66. The maximum Gasteiger partial charge on any atom is 0.503 e. The fourth-order valence-electron chi connectivity index (χ4n) is 0.0645. The van der Waals surface area contributed by atoms with E-state index in [0.717, 1.165) is 0 Å². The van der Waals surface area contributed by atoms with Crippen LogP contribution in [0.2, 0.25) is 0 Å². The van der Waals surface area contributed by atoms with Gasteiger partial charge in [-0.2, -0.15) is 5.26 Å². The second-order valence-corrected chi connectivity index (χ2v) is 0.979. The molecule has 0 aliphatic heterocycles. The van der Waals surface area contributed by atoms with E-state index >= 15 is 0 Å². The average molecular weight is 132 g/mol. The molecule has 0 heterocycles. The lowest BCUT2D eigenvalue weighted by atomic mass is 10.5. The molecule has 0 aliphatic rings. The predicted octanol–water partition coefficient (Wildman–Crippen LogP) is 0.0812. The zero-order valence-electron chi connectivity index (χ0n) is 4.74. The molecule has 0 aliphatic carbocycles. The first-order valence-corrected chi connectivity index (χ1v) is 2.14. The van der Waals surface area contributed by atoms with Crippen LogP contribution in [0.15, 0.2) is 0 Å². The Hall–Kier alpha value is -1.28. The third-order valence-corrected chi connectivity index (χ3v) is 0.256. The zero-order chi connectivity index (χ0) is 7.70. The highest BCUT2D eigenvalue weighted by molar-refractivity contribution is 5.53. The largest absolute Gasteiger partial charge is 0.503 e. The lowest BCUT2D eigenvalue weighted by Gasteiger charge is -1.68. The number of nitrogens with zero attached hydrogens (tertiary/aromatic N) is 1. The summed E-state index contributed by atoms with van der Waals surface area (Å²) in [5, 5.41) is 21.7. The SMILES string of the molecule is N#CCCN.O=C(O)O. The van der Waals surface area contributed by atoms with Crippen LogP contribution in [0.1, 0.15) is 6.42 Å². The summed E-state index contributed by atoms with van der Waals surface area (Å²) in [4.78, 5) is 8.56. The Kier molecular flexibility index (Phi) is 11.7. The van der Waals surface area contributed by atoms with Crippen molar-refractivity contribution in [2.45, 2.75) is 6.42 Å². The summed E-state index contributed by atoms with van der Waals surface area (Å²) in [5.74, 6) is 0. The zero-order valence-corrected chi connectivity index (χ0v) is 4.74. The molecule has 52 valence electrons. The molecule has 0 saturated heterocycles. The molecule has 4 N–H and O–H groups in total. The van der Waals surface area contributed by atoms with Crippen LogP contribution in [0, 0.1) is 11.3 Å². The quantitative estimate of drug-likeness (QED) is 0.468. The van der Waals surface area contributed by atoms with Crippen LogP contribution in [-0.2, 0) is 0 Å². The number of carboxylic acid groups (broad SMARTS) is 2. The second kappa shape index (κ2) is 9.87.